The van der Waals surface area contributed by atoms with Crippen LogP contribution in [0.4, 0.5) is 0 Å². The largest absolute Gasteiger partial charge is 0.507 e. The minimum absolute atomic E-state index is 0. The molecule has 1 saturated heterocycles. The number of aryl methyl sites for hydroxylation is 1. The molecule has 3 unspecified atom stereocenters. The molecule has 2 saturated carbocycles. The van der Waals surface area contributed by atoms with Crippen LogP contribution in [-0.4, -0.2) is 64.4 Å². The van der Waals surface area contributed by atoms with Gasteiger partial charge >= 0.3 is 0 Å². The molecule has 3 fully saturated rings. The maximum atomic E-state index is 13.4. The summed E-state index contributed by atoms with van der Waals surface area (Å²) in [7, 11) is 0. The lowest BCUT2D eigenvalue weighted by Gasteiger charge is -2.60. The number of carbonyl (C=O) groups excluding carboxylic acids is 3. The normalized spacial score (nSPS) is 24.8. The van der Waals surface area contributed by atoms with Gasteiger partial charge < -0.3 is 15.5 Å². The molecule has 3 aliphatic rings. The van der Waals surface area contributed by atoms with Crippen LogP contribution in [0.5, 0.6) is 5.75 Å². The van der Waals surface area contributed by atoms with Crippen LogP contribution in [0.2, 0.25) is 0 Å². The maximum absolute atomic E-state index is 13.4. The van der Waals surface area contributed by atoms with E-state index in [2.05, 4.69) is 17.1 Å². The number of carbonyl (C=O) groups is 3. The van der Waals surface area contributed by atoms with Crippen molar-refractivity contribution in [1.82, 2.24) is 10.2 Å². The van der Waals surface area contributed by atoms with Gasteiger partial charge in [0.1, 0.15) is 17.8 Å². The first-order chi connectivity index (χ1) is 21.1. The number of ketones is 1. The fraction of sp³-hybridized carbons (Fsp3) is 0.447. The lowest BCUT2D eigenvalue weighted by Crippen LogP contribution is -2.70. The van der Waals surface area contributed by atoms with Crippen molar-refractivity contribution in [2.75, 3.05) is 19.6 Å². The third-order valence-electron chi connectivity index (χ3n) is 10.5. The summed E-state index contributed by atoms with van der Waals surface area (Å²) in [6.45, 7) is 6.04. The highest BCUT2D eigenvalue weighted by atomic mass is 16.3. The van der Waals surface area contributed by atoms with Gasteiger partial charge in [0.2, 0.25) is 0 Å². The van der Waals surface area contributed by atoms with Crippen LogP contribution in [0, 0.1) is 12.8 Å². The predicted octanol–water partition coefficient (Wildman–Crippen LogP) is 6.01. The Balaban J connectivity index is 0.00000400. The number of rotatable bonds is 9. The lowest BCUT2D eigenvalue weighted by molar-refractivity contribution is -0.165. The first kappa shape index (κ1) is 32.6. The van der Waals surface area contributed by atoms with Crippen molar-refractivity contribution in [2.45, 2.75) is 83.3 Å². The van der Waals surface area contributed by atoms with E-state index in [1.165, 1.54) is 12.8 Å². The van der Waals surface area contributed by atoms with Crippen molar-refractivity contribution in [2.24, 2.45) is 5.92 Å². The molecule has 0 spiro atoms. The summed E-state index contributed by atoms with van der Waals surface area (Å²) in [5.74, 6) is 0.274. The van der Waals surface area contributed by atoms with Crippen LogP contribution in [-0.2, 0) is 16.6 Å². The number of amides is 1. The molecular weight excluding hydrogens is 564 g/mol. The first-order valence-electron chi connectivity index (χ1n) is 15.9. The highest BCUT2D eigenvalue weighted by molar-refractivity contribution is 5.98. The molecule has 1 amide bonds. The molecule has 1 heterocycles. The Kier molecular flexibility index (Phi) is 9.33. The second-order valence-corrected chi connectivity index (χ2v) is 13.2. The summed E-state index contributed by atoms with van der Waals surface area (Å²) in [5, 5.41) is 27.1. The van der Waals surface area contributed by atoms with E-state index < -0.39 is 11.0 Å². The number of fused-ring (bicyclic) bond motifs is 1. The Hall–Kier alpha value is -3.81. The van der Waals surface area contributed by atoms with Gasteiger partial charge in [0.25, 0.3) is 5.91 Å². The zero-order valence-electron chi connectivity index (χ0n) is 25.6. The molecule has 3 aromatic rings. The van der Waals surface area contributed by atoms with E-state index in [0.29, 0.717) is 49.3 Å². The topological polar surface area (TPSA) is 107 Å². The Morgan fingerprint density at radius 2 is 1.69 bits per heavy atom. The first-order valence-corrected chi connectivity index (χ1v) is 15.9. The number of nitrogens with one attached hydrogen (secondary N) is 1. The summed E-state index contributed by atoms with van der Waals surface area (Å²) in [4.78, 5) is 39.7. The Morgan fingerprint density at radius 3 is 2.33 bits per heavy atom. The Morgan fingerprint density at radius 1 is 1.02 bits per heavy atom. The van der Waals surface area contributed by atoms with Gasteiger partial charge in [-0.25, -0.2) is 0 Å². The number of Topliss-reactive ketones (excluding diaryl/α,β-unsaturated/α-hetero) is 1. The van der Waals surface area contributed by atoms with E-state index in [9.17, 15) is 24.6 Å². The number of piperidine rings is 1. The molecule has 6 rings (SSSR count). The molecule has 2 aliphatic carbocycles. The number of benzene rings is 3. The molecule has 0 aromatic heterocycles. The van der Waals surface area contributed by atoms with Gasteiger partial charge in [0, 0.05) is 48.5 Å². The van der Waals surface area contributed by atoms with E-state index >= 15 is 0 Å². The van der Waals surface area contributed by atoms with Crippen molar-refractivity contribution < 1.29 is 24.6 Å². The van der Waals surface area contributed by atoms with Gasteiger partial charge in [-0.15, -0.1) is 0 Å². The zero-order valence-corrected chi connectivity index (χ0v) is 25.6. The predicted molar refractivity (Wildman–Crippen MR) is 177 cm³/mol. The third kappa shape index (κ3) is 6.08. The summed E-state index contributed by atoms with van der Waals surface area (Å²) >= 11 is 0. The van der Waals surface area contributed by atoms with Gasteiger partial charge in [-0.2, -0.15) is 0 Å². The minimum Gasteiger partial charge on any atom is -0.507 e. The van der Waals surface area contributed by atoms with Crippen molar-refractivity contribution in [3.8, 4) is 16.9 Å². The molecule has 1 aliphatic heterocycles. The second kappa shape index (κ2) is 12.9. The van der Waals surface area contributed by atoms with E-state index in [4.69, 9.17) is 0 Å². The molecule has 0 radical (unpaired) electrons. The maximum Gasteiger partial charge on any atom is 0.255 e. The number of hydrogen-bond donors (Lipinski definition) is 3. The van der Waals surface area contributed by atoms with Crippen LogP contribution in [0.25, 0.3) is 11.1 Å². The molecular formula is C38H46N2O5. The number of hydrogen-bond acceptors (Lipinski definition) is 6. The quantitative estimate of drug-likeness (QED) is 0.256. The summed E-state index contributed by atoms with van der Waals surface area (Å²) in [6.07, 6.45) is 5.30. The van der Waals surface area contributed by atoms with Crippen molar-refractivity contribution in [3.63, 3.8) is 0 Å². The van der Waals surface area contributed by atoms with Crippen LogP contribution in [0.3, 0.4) is 0 Å². The lowest BCUT2D eigenvalue weighted by atomic mass is 9.52. The summed E-state index contributed by atoms with van der Waals surface area (Å²) in [6, 6.07) is 18.8. The molecule has 238 valence electrons. The Bertz CT molecular complexity index is 1560. The molecule has 3 aromatic carbocycles. The zero-order chi connectivity index (χ0) is 31.1. The standard InChI is InChI=1S/C37H42N2O5.CH4/c1-24-3-14-32(35(43)38-19-16-26-6-10-29(11-7-26)30-12-8-28(23-40)9-13-30)34(42)33(24)36-18-20-39(22-27-4-5-27)25(2)37(36,44)17-15-31(41)21-36;/h3,6-14,23,25,27,42,44H,4-5,15-22H2,1-2H3,(H,38,43);1H4. The van der Waals surface area contributed by atoms with Crippen LogP contribution >= 0.6 is 0 Å². The number of aromatic hydroxyl groups is 1. The fourth-order valence-corrected chi connectivity index (χ4v) is 7.72. The average molecular weight is 611 g/mol. The van der Waals surface area contributed by atoms with Gasteiger partial charge in [-0.3, -0.25) is 19.3 Å². The number of phenolic OH excluding ortho intramolecular Hbond substituents is 1. The molecule has 45 heavy (non-hydrogen) atoms. The third-order valence-corrected chi connectivity index (χ3v) is 10.5. The Labute approximate surface area is 266 Å². The molecule has 3 atom stereocenters. The van der Waals surface area contributed by atoms with Gasteiger partial charge in [-0.05, 0) is 86.7 Å². The molecule has 7 heteroatoms. The molecule has 3 N–H and O–H groups in total. The average Bonchev–Trinajstić information content (AvgIpc) is 3.85. The van der Waals surface area contributed by atoms with Gasteiger partial charge in [0.15, 0.2) is 0 Å². The van der Waals surface area contributed by atoms with E-state index in [-0.39, 0.29) is 42.9 Å². The number of phenols is 1. The van der Waals surface area contributed by atoms with E-state index in [0.717, 1.165) is 41.6 Å². The SMILES string of the molecule is C.Cc1ccc(C(=O)NCCc2ccc(-c3ccc(C=O)cc3)cc2)c(O)c1C12CCN(CC3CC3)C(C)C1(O)CCC(=O)C2. The van der Waals surface area contributed by atoms with Gasteiger partial charge in [0.05, 0.1) is 11.2 Å². The molecule has 0 bridgehead atoms. The van der Waals surface area contributed by atoms with Crippen LogP contribution in [0.1, 0.15) is 90.3 Å². The number of aldehydes is 1. The number of nitrogens with zero attached hydrogens (tertiary/aromatic N) is 1. The van der Waals surface area contributed by atoms with Crippen molar-refractivity contribution in [3.05, 3.63) is 88.5 Å². The minimum atomic E-state index is -1.19. The number of likely N-dealkylation sites (tertiary alicyclic amines) is 1. The van der Waals surface area contributed by atoms with E-state index in [1.807, 2.05) is 49.4 Å². The van der Waals surface area contributed by atoms with Crippen LogP contribution < -0.4 is 5.32 Å². The van der Waals surface area contributed by atoms with Crippen LogP contribution in [0.15, 0.2) is 60.7 Å². The van der Waals surface area contributed by atoms with Crippen molar-refractivity contribution >= 4 is 18.0 Å². The van der Waals surface area contributed by atoms with E-state index in [1.54, 1.807) is 18.2 Å². The highest BCUT2D eigenvalue weighted by Crippen LogP contribution is 2.56. The fourth-order valence-electron chi connectivity index (χ4n) is 7.72. The monoisotopic (exact) mass is 610 g/mol. The smallest absolute Gasteiger partial charge is 0.255 e. The van der Waals surface area contributed by atoms with Crippen molar-refractivity contribution in [1.29, 1.82) is 0 Å². The molecule has 7 nitrogen and oxygen atoms in total. The highest BCUT2D eigenvalue weighted by Gasteiger charge is 2.62. The second-order valence-electron chi connectivity index (χ2n) is 13.2. The summed E-state index contributed by atoms with van der Waals surface area (Å²) in [5.41, 5.74) is 3.14. The number of aliphatic hydroxyl groups is 1. The summed E-state index contributed by atoms with van der Waals surface area (Å²) < 4.78 is 0. The van der Waals surface area contributed by atoms with Gasteiger partial charge in [-0.1, -0.05) is 62.0 Å².